The smallest absolute Gasteiger partial charge is 0.243 e. The van der Waals surface area contributed by atoms with E-state index in [1.807, 2.05) is 25.3 Å². The maximum absolute atomic E-state index is 5.53. The number of rotatable bonds is 4. The van der Waals surface area contributed by atoms with Gasteiger partial charge in [0, 0.05) is 18.8 Å². The van der Waals surface area contributed by atoms with Crippen LogP contribution in [0.1, 0.15) is 19.8 Å². The fourth-order valence-electron chi connectivity index (χ4n) is 2.17. The predicted octanol–water partition coefficient (Wildman–Crippen LogP) is 2.47. The van der Waals surface area contributed by atoms with Gasteiger partial charge in [0.2, 0.25) is 5.95 Å². The van der Waals surface area contributed by atoms with Gasteiger partial charge in [0.25, 0.3) is 0 Å². The van der Waals surface area contributed by atoms with Crippen LogP contribution in [-0.4, -0.2) is 33.4 Å². The molecule has 0 saturated heterocycles. The Labute approximate surface area is 114 Å². The van der Waals surface area contributed by atoms with Crippen LogP contribution in [0.3, 0.4) is 0 Å². The number of anilines is 1. The van der Waals surface area contributed by atoms with Gasteiger partial charge in [0.05, 0.1) is 10.6 Å². The quantitative estimate of drug-likeness (QED) is 0.942. The van der Waals surface area contributed by atoms with Gasteiger partial charge < -0.3 is 10.1 Å². The monoisotopic (exact) mass is 310 g/mol. The minimum absolute atomic E-state index is 0.399. The largest absolute Gasteiger partial charge is 0.378 e. The van der Waals surface area contributed by atoms with E-state index >= 15 is 0 Å². The third kappa shape index (κ3) is 2.22. The van der Waals surface area contributed by atoms with Gasteiger partial charge in [-0.15, -0.1) is 5.10 Å². The van der Waals surface area contributed by atoms with Gasteiger partial charge in [-0.2, -0.15) is 4.98 Å². The SMILES string of the molecule is CCOC1CC(Nc2nc3c(Br)cccn3n2)C1. The fourth-order valence-corrected chi connectivity index (χ4v) is 2.60. The van der Waals surface area contributed by atoms with Crippen molar-refractivity contribution in [3.63, 3.8) is 0 Å². The standard InChI is InChI=1S/C12H15BrN4O/c1-2-18-9-6-8(7-9)14-12-15-11-10(13)4-3-5-17(11)16-12/h3-5,8-9H,2,6-7H2,1H3,(H,14,16). The van der Waals surface area contributed by atoms with Crippen molar-refractivity contribution in [2.24, 2.45) is 0 Å². The minimum atomic E-state index is 0.399. The summed E-state index contributed by atoms with van der Waals surface area (Å²) in [6, 6.07) is 4.32. The number of hydrogen-bond acceptors (Lipinski definition) is 4. The number of aromatic nitrogens is 3. The van der Waals surface area contributed by atoms with E-state index in [9.17, 15) is 0 Å². The molecule has 0 aliphatic heterocycles. The normalized spacial score (nSPS) is 23.0. The first-order valence-corrected chi connectivity index (χ1v) is 6.94. The molecule has 0 unspecified atom stereocenters. The molecule has 1 fully saturated rings. The molecule has 6 heteroatoms. The average Bonchev–Trinajstić information content (AvgIpc) is 2.71. The van der Waals surface area contributed by atoms with Crippen LogP contribution in [0.15, 0.2) is 22.8 Å². The molecule has 5 nitrogen and oxygen atoms in total. The van der Waals surface area contributed by atoms with Gasteiger partial charge in [-0.1, -0.05) is 0 Å². The third-order valence-corrected chi connectivity index (χ3v) is 3.76. The number of hydrogen-bond donors (Lipinski definition) is 1. The Hall–Kier alpha value is -1.14. The van der Waals surface area contributed by atoms with Gasteiger partial charge in [-0.05, 0) is 47.8 Å². The van der Waals surface area contributed by atoms with Crippen LogP contribution in [0.2, 0.25) is 0 Å². The molecule has 0 spiro atoms. The molecule has 1 aliphatic rings. The molecule has 1 N–H and O–H groups in total. The minimum Gasteiger partial charge on any atom is -0.378 e. The zero-order valence-electron chi connectivity index (χ0n) is 10.1. The highest BCUT2D eigenvalue weighted by Crippen LogP contribution is 2.26. The number of nitrogens with one attached hydrogen (secondary N) is 1. The summed E-state index contributed by atoms with van der Waals surface area (Å²) in [6.07, 6.45) is 4.35. The van der Waals surface area contributed by atoms with Crippen molar-refractivity contribution >= 4 is 27.5 Å². The van der Waals surface area contributed by atoms with Gasteiger partial charge in [-0.25, -0.2) is 4.52 Å². The fraction of sp³-hybridized carbons (Fsp3) is 0.500. The van der Waals surface area contributed by atoms with E-state index in [-0.39, 0.29) is 0 Å². The average molecular weight is 311 g/mol. The highest BCUT2D eigenvalue weighted by atomic mass is 79.9. The van der Waals surface area contributed by atoms with E-state index in [2.05, 4.69) is 31.3 Å². The molecular formula is C12H15BrN4O. The summed E-state index contributed by atoms with van der Waals surface area (Å²) in [5, 5.41) is 7.73. The van der Waals surface area contributed by atoms with Crippen LogP contribution < -0.4 is 5.32 Å². The molecule has 2 heterocycles. The molecule has 18 heavy (non-hydrogen) atoms. The molecular weight excluding hydrogens is 296 g/mol. The molecule has 0 amide bonds. The first kappa shape index (κ1) is 11.9. The molecule has 0 radical (unpaired) electrons. The molecule has 0 bridgehead atoms. The van der Waals surface area contributed by atoms with Crippen LogP contribution >= 0.6 is 15.9 Å². The number of ether oxygens (including phenoxy) is 1. The van der Waals surface area contributed by atoms with Gasteiger partial charge in [0.1, 0.15) is 0 Å². The molecule has 0 atom stereocenters. The summed E-state index contributed by atoms with van der Waals surface area (Å²) in [7, 11) is 0. The second kappa shape index (κ2) is 4.85. The van der Waals surface area contributed by atoms with Crippen LogP contribution in [-0.2, 0) is 4.74 Å². The maximum atomic E-state index is 5.53. The summed E-state index contributed by atoms with van der Waals surface area (Å²) in [5.41, 5.74) is 0.834. The van der Waals surface area contributed by atoms with Crippen molar-refractivity contribution in [1.82, 2.24) is 14.6 Å². The Kier molecular flexibility index (Phi) is 3.22. The van der Waals surface area contributed by atoms with E-state index in [4.69, 9.17) is 4.74 Å². The Morgan fingerprint density at radius 3 is 3.11 bits per heavy atom. The summed E-state index contributed by atoms with van der Waals surface area (Å²) < 4.78 is 8.25. The molecule has 2 aromatic heterocycles. The highest BCUT2D eigenvalue weighted by molar-refractivity contribution is 9.10. The van der Waals surface area contributed by atoms with Crippen molar-refractivity contribution in [1.29, 1.82) is 0 Å². The summed E-state index contributed by atoms with van der Waals surface area (Å²) in [5.74, 6) is 0.682. The second-order valence-electron chi connectivity index (χ2n) is 4.45. The lowest BCUT2D eigenvalue weighted by atomic mass is 9.89. The first-order chi connectivity index (χ1) is 8.76. The number of fused-ring (bicyclic) bond motifs is 1. The molecule has 1 aliphatic carbocycles. The Balaban J connectivity index is 1.67. The van der Waals surface area contributed by atoms with Gasteiger partial charge in [0.15, 0.2) is 5.65 Å². The van der Waals surface area contributed by atoms with E-state index in [0.29, 0.717) is 18.1 Å². The lowest BCUT2D eigenvalue weighted by Crippen LogP contribution is -2.41. The van der Waals surface area contributed by atoms with Crippen molar-refractivity contribution < 1.29 is 4.74 Å². The topological polar surface area (TPSA) is 51.5 Å². The second-order valence-corrected chi connectivity index (χ2v) is 5.30. The maximum Gasteiger partial charge on any atom is 0.243 e. The van der Waals surface area contributed by atoms with Gasteiger partial charge in [-0.3, -0.25) is 0 Å². The van der Waals surface area contributed by atoms with E-state index < -0.39 is 0 Å². The molecule has 2 aromatic rings. The van der Waals surface area contributed by atoms with E-state index in [1.54, 1.807) is 4.52 Å². The summed E-state index contributed by atoms with van der Waals surface area (Å²) in [4.78, 5) is 4.46. The molecule has 96 valence electrons. The van der Waals surface area contributed by atoms with Crippen LogP contribution in [0.25, 0.3) is 5.65 Å². The number of halogens is 1. The van der Waals surface area contributed by atoms with Crippen molar-refractivity contribution in [2.75, 3.05) is 11.9 Å². The predicted molar refractivity (Wildman–Crippen MR) is 72.7 cm³/mol. The van der Waals surface area contributed by atoms with Crippen molar-refractivity contribution in [3.8, 4) is 0 Å². The molecule has 3 rings (SSSR count). The summed E-state index contributed by atoms with van der Waals surface area (Å²) in [6.45, 7) is 2.82. The Bertz CT molecular complexity index is 550. The van der Waals surface area contributed by atoms with Crippen LogP contribution in [0, 0.1) is 0 Å². The zero-order valence-corrected chi connectivity index (χ0v) is 11.7. The lowest BCUT2D eigenvalue weighted by Gasteiger charge is -2.34. The highest BCUT2D eigenvalue weighted by Gasteiger charge is 2.30. The van der Waals surface area contributed by atoms with Crippen LogP contribution in [0.5, 0.6) is 0 Å². The van der Waals surface area contributed by atoms with Crippen molar-refractivity contribution in [3.05, 3.63) is 22.8 Å². The number of nitrogens with zero attached hydrogens (tertiary/aromatic N) is 3. The first-order valence-electron chi connectivity index (χ1n) is 6.15. The third-order valence-electron chi connectivity index (χ3n) is 3.15. The van der Waals surface area contributed by atoms with Crippen LogP contribution in [0.4, 0.5) is 5.95 Å². The number of pyridine rings is 1. The van der Waals surface area contributed by atoms with E-state index in [1.165, 1.54) is 0 Å². The molecule has 0 aromatic carbocycles. The van der Waals surface area contributed by atoms with Crippen molar-refractivity contribution in [2.45, 2.75) is 31.9 Å². The zero-order chi connectivity index (χ0) is 12.5. The Morgan fingerprint density at radius 2 is 2.39 bits per heavy atom. The summed E-state index contributed by atoms with van der Waals surface area (Å²) >= 11 is 3.47. The Morgan fingerprint density at radius 1 is 1.56 bits per heavy atom. The lowest BCUT2D eigenvalue weighted by molar-refractivity contribution is 0.00286. The van der Waals surface area contributed by atoms with E-state index in [0.717, 1.165) is 29.6 Å². The molecule has 1 saturated carbocycles. The van der Waals surface area contributed by atoms with Gasteiger partial charge >= 0.3 is 0 Å².